The summed E-state index contributed by atoms with van der Waals surface area (Å²) in [4.78, 5) is 113. The molecule has 17 heteroatoms. The van der Waals surface area contributed by atoms with Gasteiger partial charge in [0, 0.05) is 21.0 Å². The summed E-state index contributed by atoms with van der Waals surface area (Å²) in [5.74, 6) is -7.16. The van der Waals surface area contributed by atoms with E-state index in [0.29, 0.717) is 9.80 Å². The van der Waals surface area contributed by atoms with Crippen molar-refractivity contribution in [3.05, 3.63) is 144 Å². The largest absolute Gasteiger partial charge is 0.287 e. The average Bonchev–Trinajstić information content (AvgIpc) is 3.62. The molecule has 8 amide bonds. The number of hydrogen-bond acceptors (Lipinski definition) is 8. The molecule has 7 rings (SSSR count). The number of azide groups is 2. The third kappa shape index (κ3) is 4.44. The van der Waals surface area contributed by atoms with E-state index in [1.54, 1.807) is 12.1 Å². The Morgan fingerprint density at radius 2 is 0.755 bits per heavy atom. The normalized spacial score (nSPS) is 14.4. The zero-order valence-electron chi connectivity index (χ0n) is 24.3. The number of fused-ring (bicyclic) bond motifs is 3. The average molecular weight is 652 g/mol. The molecule has 4 aromatic carbocycles. The van der Waals surface area contributed by atoms with Crippen LogP contribution in [0.25, 0.3) is 20.9 Å². The standard InChI is InChI=1S/C32H13N9O8/c33-37-35-25(42)14-5-7-21-23(9-14)31(48)40(29(21)46)17-11-16(39-27(44)19-3-1-2-4-20(19)28(39)45)12-18(13-17)41-30(47)22-8-6-15(26(43)36-38-34)10-24(22)32(41)49/h1-13H. The van der Waals surface area contributed by atoms with Gasteiger partial charge in [-0.25, -0.2) is 14.7 Å². The van der Waals surface area contributed by atoms with Crippen molar-refractivity contribution in [2.75, 3.05) is 14.7 Å². The summed E-state index contributed by atoms with van der Waals surface area (Å²) in [7, 11) is 0. The Balaban J connectivity index is 1.37. The van der Waals surface area contributed by atoms with Gasteiger partial charge >= 0.3 is 0 Å². The van der Waals surface area contributed by atoms with Crippen LogP contribution in [0.5, 0.6) is 0 Å². The molecule has 0 aromatic heterocycles. The Morgan fingerprint density at radius 1 is 0.449 bits per heavy atom. The van der Waals surface area contributed by atoms with Crippen molar-refractivity contribution < 1.29 is 38.4 Å². The van der Waals surface area contributed by atoms with Crippen molar-refractivity contribution in [1.29, 1.82) is 0 Å². The van der Waals surface area contributed by atoms with E-state index in [2.05, 4.69) is 20.1 Å². The lowest BCUT2D eigenvalue weighted by atomic mass is 10.1. The molecule has 0 unspecified atom stereocenters. The zero-order chi connectivity index (χ0) is 34.7. The Bertz CT molecular complexity index is 2280. The fourth-order valence-electron chi connectivity index (χ4n) is 5.80. The molecule has 0 bridgehead atoms. The summed E-state index contributed by atoms with van der Waals surface area (Å²) < 4.78 is 0. The number of anilines is 3. The predicted molar refractivity (Wildman–Crippen MR) is 166 cm³/mol. The molecule has 49 heavy (non-hydrogen) atoms. The molecule has 0 saturated heterocycles. The van der Waals surface area contributed by atoms with Gasteiger partial charge in [0.1, 0.15) is 0 Å². The van der Waals surface area contributed by atoms with Gasteiger partial charge in [0.2, 0.25) is 11.8 Å². The van der Waals surface area contributed by atoms with E-state index in [9.17, 15) is 38.4 Å². The predicted octanol–water partition coefficient (Wildman–Crippen LogP) is 4.99. The van der Waals surface area contributed by atoms with Crippen molar-refractivity contribution in [2.45, 2.75) is 0 Å². The van der Waals surface area contributed by atoms with Crippen LogP contribution >= 0.6 is 0 Å². The quantitative estimate of drug-likeness (QED) is 0.123. The van der Waals surface area contributed by atoms with Gasteiger partial charge in [0.15, 0.2) is 0 Å². The Morgan fingerprint density at radius 3 is 1.08 bits per heavy atom. The van der Waals surface area contributed by atoms with Gasteiger partial charge < -0.3 is 0 Å². The molecule has 3 aliphatic heterocycles. The maximum atomic E-state index is 13.7. The number of carbonyl (C=O) groups is 8. The fraction of sp³-hybridized carbons (Fsp3) is 0. The van der Waals surface area contributed by atoms with Crippen molar-refractivity contribution in [3.8, 4) is 0 Å². The highest BCUT2D eigenvalue weighted by Gasteiger charge is 2.42. The first kappa shape index (κ1) is 29.9. The van der Waals surface area contributed by atoms with Crippen LogP contribution in [0.3, 0.4) is 0 Å². The number of imide groups is 3. The van der Waals surface area contributed by atoms with Gasteiger partial charge in [-0.2, -0.15) is 0 Å². The summed E-state index contributed by atoms with van der Waals surface area (Å²) in [6, 6.07) is 16.3. The first-order valence-electron chi connectivity index (χ1n) is 13.9. The fourth-order valence-corrected chi connectivity index (χ4v) is 5.80. The number of amides is 8. The topological polar surface area (TPSA) is 244 Å². The maximum Gasteiger partial charge on any atom is 0.266 e. The molecule has 4 aromatic rings. The Kier molecular flexibility index (Phi) is 6.69. The van der Waals surface area contributed by atoms with E-state index >= 15 is 0 Å². The van der Waals surface area contributed by atoms with E-state index in [-0.39, 0.29) is 61.6 Å². The van der Waals surface area contributed by atoms with Crippen LogP contribution in [-0.2, 0) is 0 Å². The van der Waals surface area contributed by atoms with Gasteiger partial charge in [0.05, 0.1) is 50.4 Å². The number of hydrogen-bond donors (Lipinski definition) is 0. The monoisotopic (exact) mass is 651 g/mol. The van der Waals surface area contributed by atoms with Crippen LogP contribution in [0, 0.1) is 0 Å². The first-order chi connectivity index (χ1) is 23.5. The van der Waals surface area contributed by atoms with Crippen molar-refractivity contribution in [2.24, 2.45) is 10.2 Å². The third-order valence-electron chi connectivity index (χ3n) is 7.99. The maximum absolute atomic E-state index is 13.7. The van der Waals surface area contributed by atoms with Crippen LogP contribution in [0.2, 0.25) is 0 Å². The summed E-state index contributed by atoms with van der Waals surface area (Å²) in [6.45, 7) is 0. The lowest BCUT2D eigenvalue weighted by Crippen LogP contribution is -2.34. The molecule has 0 saturated carbocycles. The smallest absolute Gasteiger partial charge is 0.266 e. The van der Waals surface area contributed by atoms with Crippen LogP contribution in [0.4, 0.5) is 17.1 Å². The Labute approximate surface area is 271 Å². The second-order valence-corrected chi connectivity index (χ2v) is 10.6. The lowest BCUT2D eigenvalue weighted by molar-refractivity contribution is 0.0912. The number of rotatable bonds is 5. The summed E-state index contributed by atoms with van der Waals surface area (Å²) in [6.07, 6.45) is 0. The minimum Gasteiger partial charge on any atom is -0.287 e. The molecule has 0 N–H and O–H groups in total. The van der Waals surface area contributed by atoms with Gasteiger partial charge in [-0.05, 0) is 75.9 Å². The highest BCUT2D eigenvalue weighted by Crippen LogP contribution is 2.40. The molecule has 3 heterocycles. The number of carbonyl (C=O) groups excluding carboxylic acids is 8. The van der Waals surface area contributed by atoms with Crippen molar-refractivity contribution in [3.63, 3.8) is 0 Å². The number of nitrogens with zero attached hydrogens (tertiary/aromatic N) is 9. The van der Waals surface area contributed by atoms with E-state index in [1.807, 2.05) is 0 Å². The molecule has 3 aliphatic rings. The van der Waals surface area contributed by atoms with E-state index in [1.165, 1.54) is 48.5 Å². The summed E-state index contributed by atoms with van der Waals surface area (Å²) >= 11 is 0. The second-order valence-electron chi connectivity index (χ2n) is 10.6. The van der Waals surface area contributed by atoms with Crippen molar-refractivity contribution in [1.82, 2.24) is 0 Å². The minimum absolute atomic E-state index is 0.0652. The summed E-state index contributed by atoms with van der Waals surface area (Å²) in [5.41, 5.74) is 15.6. The molecule has 17 nitrogen and oxygen atoms in total. The van der Waals surface area contributed by atoms with Crippen LogP contribution in [0.1, 0.15) is 82.9 Å². The third-order valence-corrected chi connectivity index (χ3v) is 7.99. The highest BCUT2D eigenvalue weighted by atomic mass is 16.2. The minimum atomic E-state index is -1.01. The number of benzene rings is 4. The molecule has 0 radical (unpaired) electrons. The molecule has 0 aliphatic carbocycles. The van der Waals surface area contributed by atoms with E-state index in [0.717, 1.165) is 23.1 Å². The molecule has 0 spiro atoms. The van der Waals surface area contributed by atoms with Gasteiger partial charge in [-0.1, -0.05) is 24.3 Å². The first-order valence-corrected chi connectivity index (χ1v) is 13.9. The molecular weight excluding hydrogens is 638 g/mol. The second kappa shape index (κ2) is 11.0. The van der Waals surface area contributed by atoms with E-state index < -0.39 is 47.3 Å². The SMILES string of the molecule is [N-]=[N+]=NC(=O)c1ccc2c(c1)C(=O)N(c1cc(N3C(=O)c4ccccc4C3=O)cc(N3C(=O)c4ccc(C(=O)N=[N+]=[N-])cc4C3=O)c1)C2=O. The van der Waals surface area contributed by atoms with E-state index in [4.69, 9.17) is 11.1 Å². The summed E-state index contributed by atoms with van der Waals surface area (Å²) in [5, 5.41) is 5.99. The zero-order valence-corrected chi connectivity index (χ0v) is 24.3. The van der Waals surface area contributed by atoms with Crippen molar-refractivity contribution >= 4 is 64.3 Å². The van der Waals surface area contributed by atoms with Crippen LogP contribution in [-0.4, -0.2) is 47.3 Å². The van der Waals surface area contributed by atoms with Crippen LogP contribution in [0.15, 0.2) is 89.1 Å². The van der Waals surface area contributed by atoms with Crippen LogP contribution < -0.4 is 14.7 Å². The lowest BCUT2D eigenvalue weighted by Gasteiger charge is -2.23. The molecule has 234 valence electrons. The van der Waals surface area contributed by atoms with Gasteiger partial charge in [-0.3, -0.25) is 38.4 Å². The molecular formula is C32H13N9O8. The highest BCUT2D eigenvalue weighted by molar-refractivity contribution is 6.38. The van der Waals surface area contributed by atoms with Gasteiger partial charge in [-0.15, -0.1) is 0 Å². The van der Waals surface area contributed by atoms with Gasteiger partial charge in [0.25, 0.3) is 35.4 Å². The Hall–Kier alpha value is -7.74. The molecule has 0 fully saturated rings. The molecule has 0 atom stereocenters.